The molecule has 0 saturated carbocycles. The van der Waals surface area contributed by atoms with Crippen molar-refractivity contribution in [2.24, 2.45) is 5.92 Å². The molecule has 1 saturated heterocycles. The number of nitrogens with zero attached hydrogens (tertiary/aromatic N) is 1. The number of nitrogens with one attached hydrogen (secondary N) is 2. The van der Waals surface area contributed by atoms with E-state index in [0.717, 1.165) is 6.26 Å². The highest BCUT2D eigenvalue weighted by Gasteiger charge is 2.46. The van der Waals surface area contributed by atoms with Gasteiger partial charge in [-0.25, -0.2) is 9.78 Å². The average molecular weight is 420 g/mol. The van der Waals surface area contributed by atoms with Crippen LogP contribution in [0, 0.1) is 5.92 Å². The SMILES string of the molecule is CC(C)(C)[Si](C)(C)OCC1OC(Nc2ccnc(=O)[nH]2)C1COS(C)(=O)=O. The van der Waals surface area contributed by atoms with Crippen molar-refractivity contribution in [1.82, 2.24) is 9.97 Å². The van der Waals surface area contributed by atoms with Gasteiger partial charge in [0.25, 0.3) is 10.1 Å². The number of hydrogen-bond acceptors (Lipinski definition) is 8. The predicted octanol–water partition coefficient (Wildman–Crippen LogP) is 1.52. The van der Waals surface area contributed by atoms with Gasteiger partial charge in [0.15, 0.2) is 8.32 Å². The van der Waals surface area contributed by atoms with Crippen molar-refractivity contribution in [3.8, 4) is 0 Å². The van der Waals surface area contributed by atoms with Crippen LogP contribution in [-0.4, -0.2) is 58.5 Å². The molecule has 0 radical (unpaired) electrons. The van der Waals surface area contributed by atoms with Crippen molar-refractivity contribution in [3.05, 3.63) is 22.7 Å². The highest BCUT2D eigenvalue weighted by molar-refractivity contribution is 7.85. The van der Waals surface area contributed by atoms with Gasteiger partial charge >= 0.3 is 5.69 Å². The smallest absolute Gasteiger partial charge is 0.346 e. The maximum Gasteiger partial charge on any atom is 0.346 e. The molecule has 1 aromatic rings. The van der Waals surface area contributed by atoms with Crippen LogP contribution in [0.3, 0.4) is 0 Å². The Morgan fingerprint density at radius 1 is 1.33 bits per heavy atom. The van der Waals surface area contributed by atoms with Crippen molar-refractivity contribution < 1.29 is 21.8 Å². The van der Waals surface area contributed by atoms with Crippen molar-refractivity contribution in [1.29, 1.82) is 0 Å². The van der Waals surface area contributed by atoms with Gasteiger partial charge in [-0.05, 0) is 24.2 Å². The Labute approximate surface area is 161 Å². The fraction of sp³-hybridized carbons (Fsp3) is 0.750. The summed E-state index contributed by atoms with van der Waals surface area (Å²) in [7, 11) is -5.53. The summed E-state index contributed by atoms with van der Waals surface area (Å²) >= 11 is 0. The summed E-state index contributed by atoms with van der Waals surface area (Å²) in [4.78, 5) is 17.4. The van der Waals surface area contributed by atoms with Gasteiger partial charge in [-0.1, -0.05) is 20.8 Å². The Morgan fingerprint density at radius 3 is 2.56 bits per heavy atom. The molecule has 0 amide bonds. The molecule has 11 heteroatoms. The second kappa shape index (κ2) is 8.00. The highest BCUT2D eigenvalue weighted by Crippen LogP contribution is 2.38. The molecule has 27 heavy (non-hydrogen) atoms. The van der Waals surface area contributed by atoms with Crippen LogP contribution in [0.4, 0.5) is 5.82 Å². The lowest BCUT2D eigenvalue weighted by molar-refractivity contribution is -0.191. The zero-order chi connectivity index (χ0) is 20.5. The molecule has 0 bridgehead atoms. The first-order valence-corrected chi connectivity index (χ1v) is 13.5. The fourth-order valence-electron chi connectivity index (χ4n) is 2.31. The van der Waals surface area contributed by atoms with E-state index < -0.39 is 30.4 Å². The van der Waals surface area contributed by atoms with E-state index >= 15 is 0 Å². The van der Waals surface area contributed by atoms with E-state index in [4.69, 9.17) is 13.3 Å². The van der Waals surface area contributed by atoms with Gasteiger partial charge in [0.05, 0.1) is 31.5 Å². The van der Waals surface area contributed by atoms with E-state index in [0.29, 0.717) is 12.4 Å². The first kappa shape index (κ1) is 22.0. The van der Waals surface area contributed by atoms with Crippen molar-refractivity contribution in [2.45, 2.75) is 51.2 Å². The van der Waals surface area contributed by atoms with Crippen molar-refractivity contribution in [3.63, 3.8) is 0 Å². The standard InChI is InChI=1S/C16H29N3O6SSi/c1-16(2,3)27(5,6)24-10-12-11(9-23-26(4,21)22)14(25-12)18-13-7-8-17-15(20)19-13/h7-8,11-12,14H,9-10H2,1-6H3,(H2,17,18,19,20). The Morgan fingerprint density at radius 2 is 2.00 bits per heavy atom. The zero-order valence-corrected chi connectivity index (χ0v) is 18.4. The number of anilines is 1. The molecule has 0 aliphatic carbocycles. The molecule has 1 fully saturated rings. The summed E-state index contributed by atoms with van der Waals surface area (Å²) in [5.74, 6) is 0.189. The number of aromatic amines is 1. The topological polar surface area (TPSA) is 120 Å². The summed E-state index contributed by atoms with van der Waals surface area (Å²) < 4.78 is 39.8. The van der Waals surface area contributed by atoms with Crippen LogP contribution < -0.4 is 11.0 Å². The quantitative estimate of drug-likeness (QED) is 0.481. The van der Waals surface area contributed by atoms with Gasteiger partial charge < -0.3 is 14.5 Å². The summed E-state index contributed by atoms with van der Waals surface area (Å²) in [6.07, 6.45) is 1.58. The largest absolute Gasteiger partial charge is 0.414 e. The van der Waals surface area contributed by atoms with Gasteiger partial charge in [0.2, 0.25) is 0 Å². The third-order valence-electron chi connectivity index (χ3n) is 5.05. The summed E-state index contributed by atoms with van der Waals surface area (Å²) in [6, 6.07) is 1.60. The molecule has 3 unspecified atom stereocenters. The molecule has 0 spiro atoms. The first-order valence-electron chi connectivity index (χ1n) is 8.74. The highest BCUT2D eigenvalue weighted by atomic mass is 32.2. The lowest BCUT2D eigenvalue weighted by Crippen LogP contribution is -2.58. The van der Waals surface area contributed by atoms with Crippen molar-refractivity contribution >= 4 is 24.3 Å². The lowest BCUT2D eigenvalue weighted by Gasteiger charge is -2.46. The third-order valence-corrected chi connectivity index (χ3v) is 10.1. The number of ether oxygens (including phenoxy) is 1. The maximum absolute atomic E-state index is 11.4. The van der Waals surface area contributed by atoms with Crippen molar-refractivity contribution in [2.75, 3.05) is 24.8 Å². The minimum atomic E-state index is -3.57. The number of aromatic nitrogens is 2. The van der Waals surface area contributed by atoms with E-state index in [1.807, 2.05) is 0 Å². The molecular weight excluding hydrogens is 390 g/mol. The van der Waals surface area contributed by atoms with Crippen LogP contribution in [0.15, 0.2) is 17.1 Å². The van der Waals surface area contributed by atoms with Crippen LogP contribution in [0.2, 0.25) is 18.1 Å². The number of hydrogen-bond donors (Lipinski definition) is 2. The van der Waals surface area contributed by atoms with E-state index in [2.05, 4.69) is 49.1 Å². The molecule has 2 N–H and O–H groups in total. The van der Waals surface area contributed by atoms with E-state index in [1.54, 1.807) is 6.07 Å². The van der Waals surface area contributed by atoms with Gasteiger partial charge in [0, 0.05) is 6.20 Å². The molecule has 1 aromatic heterocycles. The van der Waals surface area contributed by atoms with E-state index in [9.17, 15) is 13.2 Å². The molecule has 1 aliphatic rings. The Balaban J connectivity index is 2.03. The fourth-order valence-corrected chi connectivity index (χ4v) is 3.73. The lowest BCUT2D eigenvalue weighted by atomic mass is 9.95. The van der Waals surface area contributed by atoms with Gasteiger partial charge in [-0.15, -0.1) is 0 Å². The number of rotatable bonds is 8. The summed E-state index contributed by atoms with van der Waals surface area (Å²) in [5, 5.41) is 3.09. The van der Waals surface area contributed by atoms with Gasteiger partial charge in [0.1, 0.15) is 12.0 Å². The van der Waals surface area contributed by atoms with Crippen LogP contribution >= 0.6 is 0 Å². The van der Waals surface area contributed by atoms with E-state index in [1.165, 1.54) is 6.20 Å². The van der Waals surface area contributed by atoms with Gasteiger partial charge in [-0.3, -0.25) is 9.17 Å². The van der Waals surface area contributed by atoms with Crippen LogP contribution in [-0.2, 0) is 23.5 Å². The monoisotopic (exact) mass is 419 g/mol. The summed E-state index contributed by atoms with van der Waals surface area (Å²) in [6.45, 7) is 11.1. The maximum atomic E-state index is 11.4. The minimum absolute atomic E-state index is 0.0304. The number of H-pyrrole nitrogens is 1. The molecule has 0 aromatic carbocycles. The Kier molecular flexibility index (Phi) is 6.52. The second-order valence-corrected chi connectivity index (χ2v) is 14.7. The molecule has 9 nitrogen and oxygen atoms in total. The second-order valence-electron chi connectivity index (χ2n) is 8.25. The molecule has 3 atom stereocenters. The van der Waals surface area contributed by atoms with Crippen LogP contribution in [0.25, 0.3) is 0 Å². The molecule has 154 valence electrons. The van der Waals surface area contributed by atoms with Crippen LogP contribution in [0.1, 0.15) is 20.8 Å². The summed E-state index contributed by atoms with van der Waals surface area (Å²) in [5.41, 5.74) is -0.485. The average Bonchev–Trinajstić information content (AvgIpc) is 2.47. The molecular formula is C16H29N3O6SSi. The van der Waals surface area contributed by atoms with Crippen LogP contribution in [0.5, 0.6) is 0 Å². The molecule has 1 aliphatic heterocycles. The Hall–Kier alpha value is -1.27. The molecule has 2 rings (SSSR count). The Bertz CT molecular complexity index is 805. The predicted molar refractivity (Wildman–Crippen MR) is 105 cm³/mol. The molecule has 2 heterocycles. The zero-order valence-electron chi connectivity index (χ0n) is 16.6. The first-order chi connectivity index (χ1) is 12.3. The normalized spacial score (nSPS) is 23.7. The van der Waals surface area contributed by atoms with E-state index in [-0.39, 0.29) is 23.7 Å². The minimum Gasteiger partial charge on any atom is -0.414 e. The van der Waals surface area contributed by atoms with Gasteiger partial charge in [-0.2, -0.15) is 8.42 Å². The third kappa shape index (κ3) is 6.11.